The maximum absolute atomic E-state index is 12.1. The van der Waals surface area contributed by atoms with E-state index in [1.807, 2.05) is 19.1 Å². The number of piperidine rings is 1. The molecular weight excluding hydrogens is 519 g/mol. The van der Waals surface area contributed by atoms with Crippen molar-refractivity contribution >= 4 is 35.9 Å². The number of carbonyl (C=O) groups is 1. The molecule has 0 saturated carbocycles. The molecule has 1 atom stereocenters. The Balaban J connectivity index is 0.00000363. The highest BCUT2D eigenvalue weighted by molar-refractivity contribution is 14.0. The fraction of sp³-hybridized carbons (Fsp3) is 0.667. The summed E-state index contributed by atoms with van der Waals surface area (Å²) in [4.78, 5) is 21.9. The van der Waals surface area contributed by atoms with Gasteiger partial charge in [-0.1, -0.05) is 18.2 Å². The zero-order chi connectivity index (χ0) is 22.1. The number of benzene rings is 1. The monoisotopic (exact) mass is 558 g/mol. The second-order valence-corrected chi connectivity index (χ2v) is 8.21. The first-order chi connectivity index (χ1) is 15.2. The van der Waals surface area contributed by atoms with Crippen molar-refractivity contribution in [2.24, 2.45) is 10.9 Å². The minimum absolute atomic E-state index is 0. The van der Waals surface area contributed by atoms with E-state index < -0.39 is 0 Å². The van der Waals surface area contributed by atoms with Crippen LogP contribution in [-0.2, 0) is 9.53 Å². The third-order valence-electron chi connectivity index (χ3n) is 6.24. The van der Waals surface area contributed by atoms with Crippen LogP contribution in [0.5, 0.6) is 5.75 Å². The summed E-state index contributed by atoms with van der Waals surface area (Å²) < 4.78 is 10.9. The van der Waals surface area contributed by atoms with Crippen LogP contribution in [0.25, 0.3) is 0 Å². The van der Waals surface area contributed by atoms with E-state index in [4.69, 9.17) is 14.5 Å². The van der Waals surface area contributed by atoms with Crippen LogP contribution < -0.4 is 10.1 Å². The van der Waals surface area contributed by atoms with Crippen molar-refractivity contribution in [2.75, 3.05) is 53.0 Å². The number of hydrogen-bond acceptors (Lipinski definition) is 5. The Morgan fingerprint density at radius 1 is 1.16 bits per heavy atom. The number of esters is 1. The van der Waals surface area contributed by atoms with E-state index in [2.05, 4.69) is 34.2 Å². The molecule has 8 heteroatoms. The standard InChI is InChI=1S/C24H38N4O3.HI/c1-4-25-24(28-16-12-19(13-17-28)23(29)31-5-2)26-18-21(27-14-8-9-15-27)20-10-6-7-11-22(20)30-3;/h6-7,10-11,19,21H,4-5,8-9,12-18H2,1-3H3,(H,25,26);1H. The van der Waals surface area contributed by atoms with E-state index in [0.29, 0.717) is 13.2 Å². The quantitative estimate of drug-likeness (QED) is 0.227. The number of likely N-dealkylation sites (tertiary alicyclic amines) is 2. The van der Waals surface area contributed by atoms with Crippen molar-refractivity contribution < 1.29 is 14.3 Å². The molecule has 1 N–H and O–H groups in total. The highest BCUT2D eigenvalue weighted by Crippen LogP contribution is 2.32. The van der Waals surface area contributed by atoms with Gasteiger partial charge in [-0.25, -0.2) is 0 Å². The molecule has 2 saturated heterocycles. The predicted octanol–water partition coefficient (Wildman–Crippen LogP) is 3.69. The smallest absolute Gasteiger partial charge is 0.309 e. The molecular formula is C24H39IN4O3. The SMILES string of the molecule is CCNC(=NCC(c1ccccc1OC)N1CCCC1)N1CCC(C(=O)OCC)CC1.I. The summed E-state index contributed by atoms with van der Waals surface area (Å²) in [6.45, 7) is 9.74. The number of hydrogen-bond donors (Lipinski definition) is 1. The van der Waals surface area contributed by atoms with E-state index in [1.165, 1.54) is 18.4 Å². The maximum Gasteiger partial charge on any atom is 0.309 e. The minimum Gasteiger partial charge on any atom is -0.496 e. The molecule has 7 nitrogen and oxygen atoms in total. The van der Waals surface area contributed by atoms with Crippen LogP contribution >= 0.6 is 24.0 Å². The number of ether oxygens (including phenoxy) is 2. The largest absolute Gasteiger partial charge is 0.496 e. The lowest BCUT2D eigenvalue weighted by Crippen LogP contribution is -2.47. The first-order valence-corrected chi connectivity index (χ1v) is 11.7. The first kappa shape index (κ1) is 26.7. The van der Waals surface area contributed by atoms with Crippen molar-refractivity contribution in [3.8, 4) is 5.75 Å². The molecule has 1 aromatic carbocycles. The Bertz CT molecular complexity index is 732. The Labute approximate surface area is 209 Å². The first-order valence-electron chi connectivity index (χ1n) is 11.7. The van der Waals surface area contributed by atoms with Crippen molar-refractivity contribution in [3.05, 3.63) is 29.8 Å². The number of nitrogens with zero attached hydrogens (tertiary/aromatic N) is 3. The number of methoxy groups -OCH3 is 1. The zero-order valence-electron chi connectivity index (χ0n) is 19.7. The molecule has 32 heavy (non-hydrogen) atoms. The molecule has 3 rings (SSSR count). The lowest BCUT2D eigenvalue weighted by Gasteiger charge is -2.34. The molecule has 0 amide bonds. The van der Waals surface area contributed by atoms with Gasteiger partial charge in [-0.2, -0.15) is 0 Å². The number of rotatable bonds is 8. The molecule has 180 valence electrons. The number of nitrogens with one attached hydrogen (secondary N) is 1. The van der Waals surface area contributed by atoms with Crippen molar-refractivity contribution in [3.63, 3.8) is 0 Å². The maximum atomic E-state index is 12.1. The van der Waals surface area contributed by atoms with Gasteiger partial charge in [-0.05, 0) is 58.7 Å². The summed E-state index contributed by atoms with van der Waals surface area (Å²) in [6, 6.07) is 8.49. The lowest BCUT2D eigenvalue weighted by atomic mass is 9.97. The molecule has 0 aliphatic carbocycles. The number of para-hydroxylation sites is 1. The van der Waals surface area contributed by atoms with Crippen LogP contribution in [-0.4, -0.2) is 74.7 Å². The molecule has 2 aliphatic heterocycles. The van der Waals surface area contributed by atoms with Crippen molar-refractivity contribution in [1.29, 1.82) is 0 Å². The van der Waals surface area contributed by atoms with Crippen LogP contribution in [0.4, 0.5) is 0 Å². The van der Waals surface area contributed by atoms with Gasteiger partial charge in [0.2, 0.25) is 0 Å². The van der Waals surface area contributed by atoms with Crippen LogP contribution in [0.2, 0.25) is 0 Å². The van der Waals surface area contributed by atoms with Gasteiger partial charge in [0.15, 0.2) is 5.96 Å². The summed E-state index contributed by atoms with van der Waals surface area (Å²) in [5, 5.41) is 3.46. The van der Waals surface area contributed by atoms with Crippen LogP contribution in [0.15, 0.2) is 29.3 Å². The van der Waals surface area contributed by atoms with Crippen LogP contribution in [0.1, 0.15) is 51.1 Å². The highest BCUT2D eigenvalue weighted by Gasteiger charge is 2.29. The molecule has 1 aromatic rings. The van der Waals surface area contributed by atoms with Gasteiger partial charge in [-0.3, -0.25) is 14.7 Å². The molecule has 0 aromatic heterocycles. The van der Waals surface area contributed by atoms with Gasteiger partial charge in [0, 0.05) is 25.2 Å². The van der Waals surface area contributed by atoms with Gasteiger partial charge in [-0.15, -0.1) is 24.0 Å². The molecule has 0 spiro atoms. The Hall–Kier alpha value is -1.55. The van der Waals surface area contributed by atoms with E-state index in [1.54, 1.807) is 7.11 Å². The summed E-state index contributed by atoms with van der Waals surface area (Å²) in [7, 11) is 1.74. The molecule has 2 aliphatic rings. The predicted molar refractivity (Wildman–Crippen MR) is 139 cm³/mol. The summed E-state index contributed by atoms with van der Waals surface area (Å²) in [6.07, 6.45) is 4.09. The fourth-order valence-electron chi connectivity index (χ4n) is 4.59. The van der Waals surface area contributed by atoms with Gasteiger partial charge in [0.05, 0.1) is 32.2 Å². The van der Waals surface area contributed by atoms with Gasteiger partial charge in [0.1, 0.15) is 5.75 Å². The summed E-state index contributed by atoms with van der Waals surface area (Å²) in [5.41, 5.74) is 1.20. The summed E-state index contributed by atoms with van der Waals surface area (Å²) in [5.74, 6) is 1.80. The number of guanidine groups is 1. The number of carbonyl (C=O) groups excluding carboxylic acids is 1. The number of aliphatic imine (C=N–C) groups is 1. The topological polar surface area (TPSA) is 66.4 Å². The van der Waals surface area contributed by atoms with Gasteiger partial charge in [0.25, 0.3) is 0 Å². The number of halogens is 1. The van der Waals surface area contributed by atoms with E-state index in [0.717, 1.165) is 57.3 Å². The summed E-state index contributed by atoms with van der Waals surface area (Å²) >= 11 is 0. The lowest BCUT2D eigenvalue weighted by molar-refractivity contribution is -0.149. The van der Waals surface area contributed by atoms with Gasteiger partial charge >= 0.3 is 5.97 Å². The second kappa shape index (κ2) is 13.9. The Morgan fingerprint density at radius 3 is 2.47 bits per heavy atom. The van der Waals surface area contributed by atoms with E-state index in [-0.39, 0.29) is 41.9 Å². The minimum atomic E-state index is -0.0608. The van der Waals surface area contributed by atoms with E-state index >= 15 is 0 Å². The highest BCUT2D eigenvalue weighted by atomic mass is 127. The second-order valence-electron chi connectivity index (χ2n) is 8.21. The Kier molecular flexibility index (Phi) is 11.6. The normalized spacial score (nSPS) is 18.7. The average molecular weight is 559 g/mol. The Morgan fingerprint density at radius 2 is 1.84 bits per heavy atom. The third kappa shape index (κ3) is 6.97. The molecule has 0 radical (unpaired) electrons. The average Bonchev–Trinajstić information content (AvgIpc) is 3.34. The molecule has 0 bridgehead atoms. The van der Waals surface area contributed by atoms with Gasteiger partial charge < -0.3 is 19.7 Å². The molecule has 1 unspecified atom stereocenters. The third-order valence-corrected chi connectivity index (χ3v) is 6.24. The molecule has 2 heterocycles. The van der Waals surface area contributed by atoms with Crippen molar-refractivity contribution in [1.82, 2.24) is 15.1 Å². The van der Waals surface area contributed by atoms with E-state index in [9.17, 15) is 4.79 Å². The zero-order valence-corrected chi connectivity index (χ0v) is 22.0. The van der Waals surface area contributed by atoms with Crippen molar-refractivity contribution in [2.45, 2.75) is 45.6 Å². The van der Waals surface area contributed by atoms with Crippen LogP contribution in [0, 0.1) is 5.92 Å². The molecule has 2 fully saturated rings. The van der Waals surface area contributed by atoms with Crippen LogP contribution in [0.3, 0.4) is 0 Å². The fourth-order valence-corrected chi connectivity index (χ4v) is 4.59.